The highest BCUT2D eigenvalue weighted by molar-refractivity contribution is 5.80. The second-order valence-electron chi connectivity index (χ2n) is 6.15. The lowest BCUT2D eigenvalue weighted by atomic mass is 10.1. The van der Waals surface area contributed by atoms with Crippen LogP contribution < -0.4 is 10.6 Å². The number of anilines is 4. The van der Waals surface area contributed by atoms with Crippen molar-refractivity contribution in [2.45, 2.75) is 0 Å². The molecule has 2 nitrogen and oxygen atoms in total. The molecule has 3 rings (SSSR count). The van der Waals surface area contributed by atoms with Crippen molar-refractivity contribution in [2.24, 2.45) is 0 Å². The van der Waals surface area contributed by atoms with Crippen molar-refractivity contribution in [2.75, 3.05) is 10.6 Å². The molecule has 0 atom stereocenters. The molecule has 0 unspecified atom stereocenters. The second kappa shape index (κ2) is 8.57. The van der Waals surface area contributed by atoms with Gasteiger partial charge in [0, 0.05) is 0 Å². The lowest BCUT2D eigenvalue weighted by molar-refractivity contribution is 0.381. The number of halogens is 14. The second-order valence-corrected chi connectivity index (χ2v) is 6.15. The summed E-state index contributed by atoms with van der Waals surface area (Å²) in [7, 11) is 0. The zero-order valence-corrected chi connectivity index (χ0v) is 15.3. The van der Waals surface area contributed by atoms with Gasteiger partial charge in [0.05, 0.1) is 0 Å². The van der Waals surface area contributed by atoms with Crippen LogP contribution in [0.5, 0.6) is 0 Å². The summed E-state index contributed by atoms with van der Waals surface area (Å²) < 4.78 is 191. The highest BCUT2D eigenvalue weighted by Gasteiger charge is 2.33. The molecule has 0 heterocycles. The molecular formula is C18H2F14N2. The van der Waals surface area contributed by atoms with Gasteiger partial charge in [-0.2, -0.15) is 0 Å². The summed E-state index contributed by atoms with van der Waals surface area (Å²) >= 11 is 0. The first-order valence-corrected chi connectivity index (χ1v) is 8.15. The van der Waals surface area contributed by atoms with Crippen LogP contribution in [0.25, 0.3) is 0 Å². The number of nitrogens with one attached hydrogen (secondary N) is 2. The van der Waals surface area contributed by atoms with Gasteiger partial charge in [0.1, 0.15) is 22.7 Å². The standard InChI is InChI=1S/C18H2F14N2/c19-1-3(21)9(27)15(10(28)4(1)22)33-17-13(31)7(25)8(26)14(32)18(17)34-16-11(29)5(23)2(20)6(24)12(16)30/h33-34H. The third kappa shape index (κ3) is 3.62. The highest BCUT2D eigenvalue weighted by Crippen LogP contribution is 2.40. The fourth-order valence-corrected chi connectivity index (χ4v) is 2.55. The summed E-state index contributed by atoms with van der Waals surface area (Å²) in [6, 6.07) is 0. The Hall–Kier alpha value is -3.72. The van der Waals surface area contributed by atoms with Gasteiger partial charge in [-0.15, -0.1) is 0 Å². The molecule has 0 aliphatic heterocycles. The third-order valence-corrected chi connectivity index (χ3v) is 4.19. The predicted octanol–water partition coefficient (Wildman–Crippen LogP) is 7.12. The van der Waals surface area contributed by atoms with Crippen molar-refractivity contribution in [1.29, 1.82) is 0 Å². The summed E-state index contributed by atoms with van der Waals surface area (Å²) in [5, 5.41) is 2.02. The Morgan fingerprint density at radius 2 is 0.353 bits per heavy atom. The monoisotopic (exact) mass is 512 g/mol. The molecule has 0 aliphatic rings. The Labute approximate surface area is 177 Å². The maximum atomic E-state index is 14.3. The first-order chi connectivity index (χ1) is 15.7. The molecule has 0 saturated carbocycles. The average Bonchev–Trinajstić information content (AvgIpc) is 2.82. The molecule has 0 fully saturated rings. The van der Waals surface area contributed by atoms with E-state index in [9.17, 15) is 61.5 Å². The Balaban J connectivity index is 2.32. The van der Waals surface area contributed by atoms with Crippen LogP contribution in [-0.4, -0.2) is 0 Å². The lowest BCUT2D eigenvalue weighted by Gasteiger charge is -2.19. The van der Waals surface area contributed by atoms with Gasteiger partial charge in [0.15, 0.2) is 69.8 Å². The Morgan fingerprint density at radius 3 is 0.559 bits per heavy atom. The topological polar surface area (TPSA) is 24.1 Å². The van der Waals surface area contributed by atoms with Crippen molar-refractivity contribution in [1.82, 2.24) is 0 Å². The van der Waals surface area contributed by atoms with E-state index in [-0.39, 0.29) is 0 Å². The van der Waals surface area contributed by atoms with Crippen LogP contribution in [0.2, 0.25) is 0 Å². The molecule has 0 amide bonds. The van der Waals surface area contributed by atoms with Gasteiger partial charge in [0.2, 0.25) is 11.6 Å². The van der Waals surface area contributed by atoms with Gasteiger partial charge in [0.25, 0.3) is 0 Å². The van der Waals surface area contributed by atoms with E-state index >= 15 is 0 Å². The Bertz CT molecular complexity index is 1190. The van der Waals surface area contributed by atoms with Crippen molar-refractivity contribution >= 4 is 22.7 Å². The van der Waals surface area contributed by atoms with Gasteiger partial charge in [-0.3, -0.25) is 0 Å². The van der Waals surface area contributed by atoms with E-state index < -0.39 is 104 Å². The lowest BCUT2D eigenvalue weighted by Crippen LogP contribution is -2.14. The molecule has 0 spiro atoms. The molecule has 2 N–H and O–H groups in total. The summed E-state index contributed by atoms with van der Waals surface area (Å²) in [4.78, 5) is 0. The number of hydrogen-bond acceptors (Lipinski definition) is 2. The van der Waals surface area contributed by atoms with Crippen LogP contribution in [0.3, 0.4) is 0 Å². The van der Waals surface area contributed by atoms with Crippen molar-refractivity contribution in [3.63, 3.8) is 0 Å². The van der Waals surface area contributed by atoms with Crippen molar-refractivity contribution in [3.05, 3.63) is 81.4 Å². The number of hydrogen-bond donors (Lipinski definition) is 2. The Kier molecular flexibility index (Phi) is 6.28. The van der Waals surface area contributed by atoms with E-state index in [1.165, 1.54) is 0 Å². The largest absolute Gasteiger partial charge is 0.346 e. The molecule has 182 valence electrons. The van der Waals surface area contributed by atoms with E-state index in [0.29, 0.717) is 0 Å². The molecule has 0 aliphatic carbocycles. The molecule has 3 aromatic carbocycles. The molecular weight excluding hydrogens is 510 g/mol. The molecule has 0 saturated heterocycles. The molecule has 0 aromatic heterocycles. The highest BCUT2D eigenvalue weighted by atomic mass is 19.2. The van der Waals surface area contributed by atoms with E-state index in [2.05, 4.69) is 0 Å². The Morgan fingerprint density at radius 1 is 0.206 bits per heavy atom. The predicted molar refractivity (Wildman–Crippen MR) is 85.3 cm³/mol. The fourth-order valence-electron chi connectivity index (χ4n) is 2.55. The third-order valence-electron chi connectivity index (χ3n) is 4.19. The van der Waals surface area contributed by atoms with Gasteiger partial charge < -0.3 is 10.6 Å². The van der Waals surface area contributed by atoms with Gasteiger partial charge in [-0.1, -0.05) is 0 Å². The van der Waals surface area contributed by atoms with Crippen LogP contribution in [0, 0.1) is 81.4 Å². The van der Waals surface area contributed by atoms with Crippen LogP contribution in [0.4, 0.5) is 84.2 Å². The van der Waals surface area contributed by atoms with E-state index in [1.807, 2.05) is 0 Å². The van der Waals surface area contributed by atoms with Crippen molar-refractivity contribution < 1.29 is 61.5 Å². The molecule has 0 bridgehead atoms. The van der Waals surface area contributed by atoms with E-state index in [0.717, 1.165) is 10.6 Å². The summed E-state index contributed by atoms with van der Waals surface area (Å²) in [5.41, 5.74) is -8.52. The quantitative estimate of drug-likeness (QED) is 0.221. The summed E-state index contributed by atoms with van der Waals surface area (Å²) in [6.45, 7) is 0. The summed E-state index contributed by atoms with van der Waals surface area (Å²) in [5.74, 6) is -37.7. The first-order valence-electron chi connectivity index (χ1n) is 8.15. The summed E-state index contributed by atoms with van der Waals surface area (Å²) in [6.07, 6.45) is 0. The molecule has 34 heavy (non-hydrogen) atoms. The van der Waals surface area contributed by atoms with Crippen LogP contribution in [0.1, 0.15) is 0 Å². The molecule has 16 heteroatoms. The maximum Gasteiger partial charge on any atom is 0.200 e. The maximum absolute atomic E-state index is 14.3. The molecule has 3 aromatic rings. The zero-order chi connectivity index (χ0) is 25.8. The number of benzene rings is 3. The number of rotatable bonds is 4. The van der Waals surface area contributed by atoms with Gasteiger partial charge in [-0.05, 0) is 0 Å². The van der Waals surface area contributed by atoms with Crippen LogP contribution in [-0.2, 0) is 0 Å². The first kappa shape index (κ1) is 24.9. The SMILES string of the molecule is Fc1c(F)c(F)c(Nc2c(F)c(F)c(F)c(F)c2Nc2c(F)c(F)c(F)c(F)c2F)c(F)c1F. The van der Waals surface area contributed by atoms with E-state index in [4.69, 9.17) is 0 Å². The minimum atomic E-state index is -2.76. The van der Waals surface area contributed by atoms with E-state index in [1.54, 1.807) is 0 Å². The van der Waals surface area contributed by atoms with Crippen molar-refractivity contribution in [3.8, 4) is 0 Å². The average molecular weight is 512 g/mol. The van der Waals surface area contributed by atoms with Gasteiger partial charge in [-0.25, -0.2) is 61.5 Å². The van der Waals surface area contributed by atoms with Crippen LogP contribution in [0.15, 0.2) is 0 Å². The smallest absolute Gasteiger partial charge is 0.200 e. The zero-order valence-electron chi connectivity index (χ0n) is 15.3. The minimum Gasteiger partial charge on any atom is -0.346 e. The normalized spacial score (nSPS) is 11.2. The molecule has 0 radical (unpaired) electrons. The minimum absolute atomic E-state index is 1.01. The van der Waals surface area contributed by atoms with Gasteiger partial charge >= 0.3 is 0 Å². The van der Waals surface area contributed by atoms with Crippen LogP contribution >= 0.6 is 0 Å². The fraction of sp³-hybridized carbons (Fsp3) is 0.